The van der Waals surface area contributed by atoms with Crippen LogP contribution in [0, 0.1) is 6.92 Å². The number of Topliss-reactive ketones (excluding diaryl/α,β-unsaturated/α-hetero) is 1. The van der Waals surface area contributed by atoms with Gasteiger partial charge in [0.05, 0.1) is 4.75 Å². The van der Waals surface area contributed by atoms with Gasteiger partial charge in [-0.15, -0.1) is 0 Å². The second-order valence-electron chi connectivity index (χ2n) is 4.92. The molecule has 0 N–H and O–H groups in total. The summed E-state index contributed by atoms with van der Waals surface area (Å²) in [4.78, 5) is 24.7. The van der Waals surface area contributed by atoms with Crippen LogP contribution in [0.15, 0.2) is 12.1 Å². The molecule has 0 radical (unpaired) electrons. The quantitative estimate of drug-likeness (QED) is 0.758. The second-order valence-corrected chi connectivity index (χ2v) is 7.27. The van der Waals surface area contributed by atoms with Crippen molar-refractivity contribution in [2.45, 2.75) is 37.9 Å². The van der Waals surface area contributed by atoms with Crippen LogP contribution in [-0.4, -0.2) is 15.6 Å². The normalized spacial score (nSPS) is 27.1. The number of benzene rings is 1. The number of thioether (sulfide) groups is 1. The van der Waals surface area contributed by atoms with Gasteiger partial charge in [0.2, 0.25) is 5.12 Å². The molecule has 0 aromatic heterocycles. The number of halogens is 2. The first-order valence-corrected chi connectivity index (χ1v) is 7.60. The molecule has 5 heteroatoms. The first kappa shape index (κ1) is 14.9. The molecule has 1 fully saturated rings. The molecule has 0 amide bonds. The van der Waals surface area contributed by atoms with Gasteiger partial charge >= 0.3 is 0 Å². The van der Waals surface area contributed by atoms with Crippen molar-refractivity contribution in [3.05, 3.63) is 33.3 Å². The van der Waals surface area contributed by atoms with Crippen molar-refractivity contribution < 1.29 is 9.59 Å². The number of carbonyl (C=O) groups excluding carboxylic acids is 2. The number of rotatable bonds is 2. The van der Waals surface area contributed by atoms with Gasteiger partial charge in [0.1, 0.15) is 5.92 Å². The Morgan fingerprint density at radius 1 is 1.32 bits per heavy atom. The number of hydrogen-bond acceptors (Lipinski definition) is 3. The lowest BCUT2D eigenvalue weighted by atomic mass is 9.86. The molecule has 0 spiro atoms. The number of carbonyl (C=O) groups is 2. The van der Waals surface area contributed by atoms with Crippen molar-refractivity contribution in [1.82, 2.24) is 0 Å². The topological polar surface area (TPSA) is 34.1 Å². The van der Waals surface area contributed by atoms with E-state index in [-0.39, 0.29) is 10.9 Å². The van der Waals surface area contributed by atoms with Gasteiger partial charge in [-0.1, -0.05) is 41.9 Å². The van der Waals surface area contributed by atoms with Gasteiger partial charge < -0.3 is 0 Å². The molecule has 2 unspecified atom stereocenters. The van der Waals surface area contributed by atoms with Crippen LogP contribution in [-0.2, 0) is 9.59 Å². The van der Waals surface area contributed by atoms with Crippen LogP contribution in [0.5, 0.6) is 0 Å². The first-order chi connectivity index (χ1) is 8.80. The molecule has 2 nitrogen and oxygen atoms in total. The summed E-state index contributed by atoms with van der Waals surface area (Å²) in [6, 6.07) is 3.31. The Morgan fingerprint density at radius 2 is 1.95 bits per heavy atom. The zero-order valence-corrected chi connectivity index (χ0v) is 13.2. The molecule has 1 heterocycles. The molecule has 1 aromatic rings. The fourth-order valence-electron chi connectivity index (χ4n) is 2.32. The summed E-state index contributed by atoms with van der Waals surface area (Å²) in [5.74, 6) is -0.822. The SMILES string of the molecule is CCC1(C)SC(=O)C(c2c(C)cc(Cl)cc2Cl)C1=O. The van der Waals surface area contributed by atoms with Crippen molar-refractivity contribution in [2.75, 3.05) is 0 Å². The monoisotopic (exact) mass is 316 g/mol. The molecule has 0 saturated carbocycles. The molecule has 1 aliphatic heterocycles. The third-order valence-corrected chi connectivity index (χ3v) is 5.52. The predicted molar refractivity (Wildman–Crippen MR) is 80.2 cm³/mol. The average molecular weight is 317 g/mol. The predicted octanol–water partition coefficient (Wildman–Crippen LogP) is 4.40. The minimum atomic E-state index is -0.764. The minimum absolute atomic E-state index is 0.0580. The molecular formula is C14H14Cl2O2S. The standard InChI is InChI=1S/C14H14Cl2O2S/c1-4-14(3)12(17)11(13(18)19-14)10-7(2)5-8(15)6-9(10)16/h5-6,11H,4H2,1-3H3. The van der Waals surface area contributed by atoms with E-state index in [4.69, 9.17) is 23.2 Å². The van der Waals surface area contributed by atoms with E-state index < -0.39 is 10.7 Å². The van der Waals surface area contributed by atoms with E-state index in [0.29, 0.717) is 22.0 Å². The Balaban J connectivity index is 2.55. The Kier molecular flexibility index (Phi) is 4.01. The van der Waals surface area contributed by atoms with Gasteiger partial charge in [-0.3, -0.25) is 9.59 Å². The fourth-order valence-corrected chi connectivity index (χ4v) is 4.17. The second kappa shape index (κ2) is 5.12. The van der Waals surface area contributed by atoms with Gasteiger partial charge in [-0.2, -0.15) is 0 Å². The molecule has 19 heavy (non-hydrogen) atoms. The third-order valence-electron chi connectivity index (χ3n) is 3.61. The lowest BCUT2D eigenvalue weighted by molar-refractivity contribution is -0.125. The summed E-state index contributed by atoms with van der Waals surface area (Å²) in [6.45, 7) is 5.55. The van der Waals surface area contributed by atoms with E-state index in [2.05, 4.69) is 0 Å². The molecule has 1 saturated heterocycles. The van der Waals surface area contributed by atoms with Crippen LogP contribution in [0.4, 0.5) is 0 Å². The van der Waals surface area contributed by atoms with Gasteiger partial charge in [0.15, 0.2) is 5.78 Å². The Labute approximate surface area is 126 Å². The van der Waals surface area contributed by atoms with Gasteiger partial charge in [-0.05, 0) is 43.5 Å². The van der Waals surface area contributed by atoms with E-state index >= 15 is 0 Å². The van der Waals surface area contributed by atoms with Crippen molar-refractivity contribution in [1.29, 1.82) is 0 Å². The minimum Gasteiger partial charge on any atom is -0.297 e. The van der Waals surface area contributed by atoms with Crippen LogP contribution < -0.4 is 0 Å². The van der Waals surface area contributed by atoms with E-state index in [9.17, 15) is 9.59 Å². The largest absolute Gasteiger partial charge is 0.297 e. The number of hydrogen-bond donors (Lipinski definition) is 0. The summed E-state index contributed by atoms with van der Waals surface area (Å²) in [7, 11) is 0. The van der Waals surface area contributed by atoms with Gasteiger partial charge in [0, 0.05) is 10.0 Å². The lowest BCUT2D eigenvalue weighted by Crippen LogP contribution is -2.29. The van der Waals surface area contributed by atoms with Gasteiger partial charge in [0.25, 0.3) is 0 Å². The van der Waals surface area contributed by atoms with Crippen molar-refractivity contribution in [3.63, 3.8) is 0 Å². The summed E-state index contributed by atoms with van der Waals surface area (Å²) in [5, 5.41) is 0.773. The highest BCUT2D eigenvalue weighted by atomic mass is 35.5. The highest BCUT2D eigenvalue weighted by Gasteiger charge is 2.51. The summed E-state index contributed by atoms with van der Waals surface area (Å²) in [5.41, 5.74) is 1.39. The van der Waals surface area contributed by atoms with Crippen LogP contribution in [0.25, 0.3) is 0 Å². The summed E-state index contributed by atoms with van der Waals surface area (Å²) >= 11 is 13.2. The van der Waals surface area contributed by atoms with Gasteiger partial charge in [-0.25, -0.2) is 0 Å². The Hall–Kier alpha value is -0.510. The van der Waals surface area contributed by atoms with E-state index in [1.54, 1.807) is 12.1 Å². The molecule has 102 valence electrons. The molecular weight excluding hydrogens is 303 g/mol. The zero-order valence-electron chi connectivity index (χ0n) is 10.9. The lowest BCUT2D eigenvalue weighted by Gasteiger charge is -2.19. The fraction of sp³-hybridized carbons (Fsp3) is 0.429. The summed E-state index contributed by atoms with van der Waals surface area (Å²) in [6.07, 6.45) is 0.628. The Bertz CT molecular complexity index is 548. The molecule has 1 aromatic carbocycles. The summed E-state index contributed by atoms with van der Waals surface area (Å²) < 4.78 is -0.642. The van der Waals surface area contributed by atoms with Crippen molar-refractivity contribution >= 4 is 45.9 Å². The highest BCUT2D eigenvalue weighted by Crippen LogP contribution is 2.48. The van der Waals surface area contributed by atoms with Crippen molar-refractivity contribution in [3.8, 4) is 0 Å². The van der Waals surface area contributed by atoms with Crippen LogP contribution in [0.3, 0.4) is 0 Å². The van der Waals surface area contributed by atoms with E-state index in [1.807, 2.05) is 20.8 Å². The van der Waals surface area contributed by atoms with Crippen molar-refractivity contribution in [2.24, 2.45) is 0 Å². The number of ketones is 1. The molecule has 0 bridgehead atoms. The Morgan fingerprint density at radius 3 is 2.42 bits per heavy atom. The third kappa shape index (κ3) is 2.44. The zero-order chi connectivity index (χ0) is 14.4. The van der Waals surface area contributed by atoms with Crippen LogP contribution >= 0.6 is 35.0 Å². The maximum absolute atomic E-state index is 12.5. The molecule has 1 aliphatic rings. The maximum atomic E-state index is 12.5. The molecule has 0 aliphatic carbocycles. The van der Waals surface area contributed by atoms with E-state index in [1.165, 1.54) is 0 Å². The first-order valence-electron chi connectivity index (χ1n) is 6.03. The molecule has 2 rings (SSSR count). The average Bonchev–Trinajstić information content (AvgIpc) is 2.52. The maximum Gasteiger partial charge on any atom is 0.204 e. The highest BCUT2D eigenvalue weighted by molar-refractivity contribution is 8.16. The van der Waals surface area contributed by atoms with Crippen LogP contribution in [0.2, 0.25) is 10.0 Å². The van der Waals surface area contributed by atoms with E-state index in [0.717, 1.165) is 17.3 Å². The van der Waals surface area contributed by atoms with Crippen LogP contribution in [0.1, 0.15) is 37.3 Å². The molecule has 2 atom stereocenters. The smallest absolute Gasteiger partial charge is 0.204 e. The number of aryl methyl sites for hydroxylation is 1.